The number of hydrogen-bond donors (Lipinski definition) is 2. The van der Waals surface area contributed by atoms with Crippen LogP contribution in [-0.2, 0) is 0 Å². The largest absolute Gasteiger partial charge is 0.391 e. The fourth-order valence-corrected chi connectivity index (χ4v) is 1.52. The highest BCUT2D eigenvalue weighted by Gasteiger charge is 2.23. The highest BCUT2D eigenvalue weighted by atomic mass is 35.5. The Balaban J connectivity index is 2.77. The lowest BCUT2D eigenvalue weighted by Gasteiger charge is -2.25. The van der Waals surface area contributed by atoms with Gasteiger partial charge in [-0.1, -0.05) is 32.4 Å². The van der Waals surface area contributed by atoms with Crippen LogP contribution in [0.3, 0.4) is 0 Å². The van der Waals surface area contributed by atoms with Crippen LogP contribution >= 0.6 is 11.6 Å². The Morgan fingerprint density at radius 3 is 2.42 bits per heavy atom. The second-order valence-electron chi connectivity index (χ2n) is 5.34. The summed E-state index contributed by atoms with van der Waals surface area (Å²) in [6.07, 6.45) is -0.763. The first-order chi connectivity index (χ1) is 8.62. The van der Waals surface area contributed by atoms with Crippen LogP contribution in [0.4, 0.5) is 8.78 Å². The van der Waals surface area contributed by atoms with Gasteiger partial charge in [-0.2, -0.15) is 0 Å². The molecule has 1 atom stereocenters. The molecule has 1 rings (SSSR count). The number of nitrogens with one attached hydrogen (secondary N) is 1. The number of carbonyl (C=O) groups excluding carboxylic acids is 1. The van der Waals surface area contributed by atoms with Gasteiger partial charge in [-0.3, -0.25) is 4.79 Å². The third-order valence-electron chi connectivity index (χ3n) is 2.71. The Kier molecular flexibility index (Phi) is 4.87. The molecule has 0 bridgehead atoms. The number of benzene rings is 1. The molecule has 0 aliphatic heterocycles. The molecule has 19 heavy (non-hydrogen) atoms. The molecule has 1 unspecified atom stereocenters. The van der Waals surface area contributed by atoms with Gasteiger partial charge in [-0.15, -0.1) is 0 Å². The number of aliphatic hydroxyl groups is 1. The Bertz CT molecular complexity index is 486. The van der Waals surface area contributed by atoms with Gasteiger partial charge >= 0.3 is 0 Å². The van der Waals surface area contributed by atoms with Crippen LogP contribution in [0.2, 0.25) is 5.02 Å². The lowest BCUT2D eigenvalue weighted by molar-refractivity contribution is 0.0587. The van der Waals surface area contributed by atoms with Crippen molar-refractivity contribution in [2.45, 2.75) is 26.9 Å². The van der Waals surface area contributed by atoms with Gasteiger partial charge in [0.05, 0.1) is 16.7 Å². The number of halogens is 3. The highest BCUT2D eigenvalue weighted by Crippen LogP contribution is 2.21. The van der Waals surface area contributed by atoms with Crippen molar-refractivity contribution in [2.24, 2.45) is 5.41 Å². The number of rotatable bonds is 3. The van der Waals surface area contributed by atoms with Crippen LogP contribution < -0.4 is 5.32 Å². The molecule has 0 saturated heterocycles. The quantitative estimate of drug-likeness (QED) is 0.841. The first kappa shape index (κ1) is 15.9. The Morgan fingerprint density at radius 2 is 1.89 bits per heavy atom. The molecule has 1 aromatic rings. The highest BCUT2D eigenvalue weighted by molar-refractivity contribution is 6.33. The van der Waals surface area contributed by atoms with Gasteiger partial charge in [0.15, 0.2) is 11.6 Å². The summed E-state index contributed by atoms with van der Waals surface area (Å²) in [6.45, 7) is 5.44. The van der Waals surface area contributed by atoms with Gasteiger partial charge < -0.3 is 10.4 Å². The zero-order valence-electron chi connectivity index (χ0n) is 10.9. The van der Waals surface area contributed by atoms with E-state index < -0.39 is 29.1 Å². The molecule has 0 aliphatic rings. The van der Waals surface area contributed by atoms with Gasteiger partial charge in [0, 0.05) is 6.54 Å². The third kappa shape index (κ3) is 4.14. The normalized spacial score (nSPS) is 13.2. The second kappa shape index (κ2) is 5.84. The molecule has 2 N–H and O–H groups in total. The summed E-state index contributed by atoms with van der Waals surface area (Å²) in [6, 6.07) is 1.47. The zero-order valence-corrected chi connectivity index (χ0v) is 11.7. The van der Waals surface area contributed by atoms with E-state index in [0.29, 0.717) is 0 Å². The maximum atomic E-state index is 13.0. The molecule has 6 heteroatoms. The smallest absolute Gasteiger partial charge is 0.252 e. The number of amides is 1. The summed E-state index contributed by atoms with van der Waals surface area (Å²) in [5.41, 5.74) is -0.563. The fourth-order valence-electron chi connectivity index (χ4n) is 1.29. The second-order valence-corrected chi connectivity index (χ2v) is 5.75. The van der Waals surface area contributed by atoms with Crippen molar-refractivity contribution in [2.75, 3.05) is 6.54 Å². The molecule has 0 spiro atoms. The van der Waals surface area contributed by atoms with Crippen molar-refractivity contribution in [1.82, 2.24) is 5.32 Å². The lowest BCUT2D eigenvalue weighted by Crippen LogP contribution is -2.39. The molecule has 0 heterocycles. The van der Waals surface area contributed by atoms with Crippen molar-refractivity contribution in [3.05, 3.63) is 34.4 Å². The maximum Gasteiger partial charge on any atom is 0.252 e. The summed E-state index contributed by atoms with van der Waals surface area (Å²) < 4.78 is 25.9. The number of aliphatic hydroxyl groups excluding tert-OH is 1. The third-order valence-corrected chi connectivity index (χ3v) is 3.02. The van der Waals surface area contributed by atoms with Crippen molar-refractivity contribution in [3.63, 3.8) is 0 Å². The summed E-state index contributed by atoms with van der Waals surface area (Å²) in [4.78, 5) is 11.8. The van der Waals surface area contributed by atoms with Gasteiger partial charge in [-0.05, 0) is 17.5 Å². The Hall–Kier alpha value is -1.20. The molecule has 3 nitrogen and oxygen atoms in total. The van der Waals surface area contributed by atoms with E-state index in [-0.39, 0.29) is 17.1 Å². The summed E-state index contributed by atoms with van der Waals surface area (Å²) >= 11 is 5.67. The zero-order chi connectivity index (χ0) is 14.8. The van der Waals surface area contributed by atoms with E-state index in [2.05, 4.69) is 5.32 Å². The van der Waals surface area contributed by atoms with Crippen LogP contribution in [0.25, 0.3) is 0 Å². The van der Waals surface area contributed by atoms with Crippen molar-refractivity contribution in [1.29, 1.82) is 0 Å². The molecule has 0 fully saturated rings. The minimum atomic E-state index is -1.15. The SMILES string of the molecule is CC(C)(C)C(O)CNC(=O)c1cc(F)c(F)cc1Cl. The van der Waals surface area contributed by atoms with E-state index in [1.54, 1.807) is 0 Å². The summed E-state index contributed by atoms with van der Waals surface area (Å²) in [5.74, 6) is -2.92. The van der Waals surface area contributed by atoms with E-state index in [9.17, 15) is 18.7 Å². The molecule has 106 valence electrons. The van der Waals surface area contributed by atoms with E-state index in [1.807, 2.05) is 20.8 Å². The van der Waals surface area contributed by atoms with Crippen LogP contribution in [0.1, 0.15) is 31.1 Å². The first-order valence-electron chi connectivity index (χ1n) is 5.73. The van der Waals surface area contributed by atoms with Gasteiger partial charge in [0.2, 0.25) is 0 Å². The lowest BCUT2D eigenvalue weighted by atomic mass is 9.89. The molecule has 0 aromatic heterocycles. The van der Waals surface area contributed by atoms with E-state index in [4.69, 9.17) is 11.6 Å². The average Bonchev–Trinajstić information content (AvgIpc) is 2.29. The van der Waals surface area contributed by atoms with Gasteiger partial charge in [0.25, 0.3) is 5.91 Å². The van der Waals surface area contributed by atoms with E-state index in [0.717, 1.165) is 12.1 Å². The minimum absolute atomic E-state index is 0.00232. The standard InChI is InChI=1S/C13H16ClF2NO2/c1-13(2,3)11(18)6-17-12(19)7-4-9(15)10(16)5-8(7)14/h4-5,11,18H,6H2,1-3H3,(H,17,19). The molecular weight excluding hydrogens is 276 g/mol. The Morgan fingerprint density at radius 1 is 1.37 bits per heavy atom. The predicted octanol–water partition coefficient (Wildman–Crippen LogP) is 2.76. The average molecular weight is 292 g/mol. The summed E-state index contributed by atoms with van der Waals surface area (Å²) in [5, 5.41) is 12.0. The van der Waals surface area contributed by atoms with Crippen LogP contribution in [0, 0.1) is 17.0 Å². The molecule has 0 radical (unpaired) electrons. The van der Waals surface area contributed by atoms with Crippen molar-refractivity contribution in [3.8, 4) is 0 Å². The van der Waals surface area contributed by atoms with E-state index >= 15 is 0 Å². The van der Waals surface area contributed by atoms with Crippen molar-refractivity contribution < 1.29 is 18.7 Å². The topological polar surface area (TPSA) is 49.3 Å². The maximum absolute atomic E-state index is 13.0. The van der Waals surface area contributed by atoms with E-state index in [1.165, 1.54) is 0 Å². The van der Waals surface area contributed by atoms with Gasteiger partial charge in [-0.25, -0.2) is 8.78 Å². The molecule has 0 aliphatic carbocycles. The first-order valence-corrected chi connectivity index (χ1v) is 6.11. The van der Waals surface area contributed by atoms with Crippen LogP contribution in [0.15, 0.2) is 12.1 Å². The number of carbonyl (C=O) groups is 1. The van der Waals surface area contributed by atoms with Crippen LogP contribution in [0.5, 0.6) is 0 Å². The molecular formula is C13H16ClF2NO2. The fraction of sp³-hybridized carbons (Fsp3) is 0.462. The number of hydrogen-bond acceptors (Lipinski definition) is 2. The van der Waals surface area contributed by atoms with Gasteiger partial charge in [0.1, 0.15) is 0 Å². The Labute approximate surface area is 115 Å². The van der Waals surface area contributed by atoms with Crippen LogP contribution in [-0.4, -0.2) is 23.7 Å². The molecule has 1 aromatic carbocycles. The molecule has 0 saturated carbocycles. The summed E-state index contributed by atoms with van der Waals surface area (Å²) in [7, 11) is 0. The minimum Gasteiger partial charge on any atom is -0.391 e. The van der Waals surface area contributed by atoms with Crippen molar-refractivity contribution >= 4 is 17.5 Å². The predicted molar refractivity (Wildman–Crippen MR) is 69.2 cm³/mol. The molecule has 1 amide bonds. The monoisotopic (exact) mass is 291 g/mol.